The van der Waals surface area contributed by atoms with E-state index >= 15 is 0 Å². The Morgan fingerprint density at radius 2 is 2.05 bits per heavy atom. The largest absolute Gasteiger partial charge is 0.310 e. The van der Waals surface area contributed by atoms with Crippen molar-refractivity contribution in [1.82, 2.24) is 19.9 Å². The molecule has 3 aromatic rings. The van der Waals surface area contributed by atoms with Crippen LogP contribution in [-0.4, -0.2) is 20.6 Å². The van der Waals surface area contributed by atoms with Gasteiger partial charge in [-0.1, -0.05) is 26.0 Å². The number of imidazole rings is 1. The number of aromatic nitrogens is 3. The third-order valence-corrected chi connectivity index (χ3v) is 3.29. The van der Waals surface area contributed by atoms with Crippen LogP contribution in [0.3, 0.4) is 0 Å². The van der Waals surface area contributed by atoms with Crippen LogP contribution in [-0.2, 0) is 6.54 Å². The average Bonchev–Trinajstić information content (AvgIpc) is 2.89. The number of pyridine rings is 1. The molecule has 0 aliphatic rings. The van der Waals surface area contributed by atoms with E-state index in [4.69, 9.17) is 0 Å². The van der Waals surface area contributed by atoms with Gasteiger partial charge in [0.15, 0.2) is 0 Å². The minimum Gasteiger partial charge on any atom is -0.310 e. The van der Waals surface area contributed by atoms with Crippen molar-refractivity contribution in [3.05, 3.63) is 54.6 Å². The molecule has 0 spiro atoms. The van der Waals surface area contributed by atoms with Crippen molar-refractivity contribution in [2.45, 2.75) is 26.4 Å². The van der Waals surface area contributed by atoms with Crippen LogP contribution >= 0.6 is 0 Å². The van der Waals surface area contributed by atoms with Gasteiger partial charge in [0.1, 0.15) is 6.33 Å². The maximum absolute atomic E-state index is 4.45. The van der Waals surface area contributed by atoms with E-state index in [1.54, 1.807) is 0 Å². The fourth-order valence-electron chi connectivity index (χ4n) is 2.26. The number of nitrogens with zero attached hydrogens (tertiary/aromatic N) is 3. The van der Waals surface area contributed by atoms with Gasteiger partial charge in [-0.25, -0.2) is 4.98 Å². The van der Waals surface area contributed by atoms with E-state index < -0.39 is 0 Å². The Labute approximate surface area is 118 Å². The molecular formula is C16H18N4. The van der Waals surface area contributed by atoms with Gasteiger partial charge >= 0.3 is 0 Å². The summed E-state index contributed by atoms with van der Waals surface area (Å²) in [5.74, 6) is 0. The summed E-state index contributed by atoms with van der Waals surface area (Å²) < 4.78 is 2.12. The number of hydrogen-bond donors (Lipinski definition) is 1. The van der Waals surface area contributed by atoms with Crippen LogP contribution in [0.15, 0.2) is 49.1 Å². The molecule has 0 unspecified atom stereocenters. The zero-order valence-corrected chi connectivity index (χ0v) is 11.7. The first kappa shape index (κ1) is 12.8. The topological polar surface area (TPSA) is 42.7 Å². The molecule has 0 fully saturated rings. The standard InChI is InChI=1S/C16H18N4/c1-12(2)18-10-13-9-17-8-7-15(13)20-11-19-14-5-3-4-6-16(14)20/h3-9,11-12,18H,10H2,1-2H3. The molecule has 0 amide bonds. The van der Waals surface area contributed by atoms with Crippen LogP contribution in [0.2, 0.25) is 0 Å². The van der Waals surface area contributed by atoms with Crippen molar-refractivity contribution in [2.24, 2.45) is 0 Å². The molecule has 0 aliphatic carbocycles. The van der Waals surface area contributed by atoms with Crippen molar-refractivity contribution < 1.29 is 0 Å². The smallest absolute Gasteiger partial charge is 0.100 e. The molecule has 1 aromatic carbocycles. The lowest BCUT2D eigenvalue weighted by Gasteiger charge is -2.13. The fourth-order valence-corrected chi connectivity index (χ4v) is 2.26. The quantitative estimate of drug-likeness (QED) is 0.789. The number of benzene rings is 1. The van der Waals surface area contributed by atoms with Gasteiger partial charge in [-0.3, -0.25) is 9.55 Å². The third-order valence-electron chi connectivity index (χ3n) is 3.29. The molecule has 4 nitrogen and oxygen atoms in total. The Bertz CT molecular complexity index is 715. The van der Waals surface area contributed by atoms with E-state index in [1.165, 1.54) is 5.56 Å². The minimum absolute atomic E-state index is 0.447. The Hall–Kier alpha value is -2.20. The van der Waals surface area contributed by atoms with Gasteiger partial charge in [0.2, 0.25) is 0 Å². The SMILES string of the molecule is CC(C)NCc1cnccc1-n1cnc2ccccc21. The van der Waals surface area contributed by atoms with Gasteiger partial charge in [0.25, 0.3) is 0 Å². The van der Waals surface area contributed by atoms with Crippen LogP contribution < -0.4 is 5.32 Å². The van der Waals surface area contributed by atoms with Crippen molar-refractivity contribution in [3.63, 3.8) is 0 Å². The van der Waals surface area contributed by atoms with Gasteiger partial charge in [-0.15, -0.1) is 0 Å². The van der Waals surface area contributed by atoms with E-state index in [0.29, 0.717) is 6.04 Å². The summed E-state index contributed by atoms with van der Waals surface area (Å²) >= 11 is 0. The average molecular weight is 266 g/mol. The molecule has 2 aromatic heterocycles. The zero-order valence-electron chi connectivity index (χ0n) is 11.7. The van der Waals surface area contributed by atoms with Gasteiger partial charge in [-0.2, -0.15) is 0 Å². The van der Waals surface area contributed by atoms with E-state index in [0.717, 1.165) is 23.3 Å². The molecule has 2 heterocycles. The van der Waals surface area contributed by atoms with Crippen LogP contribution in [0.4, 0.5) is 0 Å². The summed E-state index contributed by atoms with van der Waals surface area (Å²) in [6.07, 6.45) is 5.61. The van der Waals surface area contributed by atoms with E-state index in [9.17, 15) is 0 Å². The normalized spacial score (nSPS) is 11.3. The molecule has 0 saturated heterocycles. The highest BCUT2D eigenvalue weighted by atomic mass is 15.1. The molecule has 0 atom stereocenters. The first-order chi connectivity index (χ1) is 9.75. The third kappa shape index (κ3) is 2.42. The molecule has 102 valence electrons. The van der Waals surface area contributed by atoms with E-state index in [-0.39, 0.29) is 0 Å². The summed E-state index contributed by atoms with van der Waals surface area (Å²) in [5.41, 5.74) is 4.42. The molecule has 0 saturated carbocycles. The predicted molar refractivity (Wildman–Crippen MR) is 80.8 cm³/mol. The minimum atomic E-state index is 0.447. The Morgan fingerprint density at radius 1 is 1.20 bits per heavy atom. The van der Waals surface area contributed by atoms with E-state index in [1.807, 2.05) is 43.0 Å². The summed E-state index contributed by atoms with van der Waals surface area (Å²) in [5, 5.41) is 3.44. The van der Waals surface area contributed by atoms with Crippen molar-refractivity contribution in [3.8, 4) is 5.69 Å². The first-order valence-corrected chi connectivity index (χ1v) is 6.84. The number of nitrogens with one attached hydrogen (secondary N) is 1. The summed E-state index contributed by atoms with van der Waals surface area (Å²) in [6.45, 7) is 5.08. The second-order valence-electron chi connectivity index (χ2n) is 5.14. The Balaban J connectivity index is 2.05. The lowest BCUT2D eigenvalue weighted by atomic mass is 10.2. The summed E-state index contributed by atoms with van der Waals surface area (Å²) in [7, 11) is 0. The molecule has 3 rings (SSSR count). The first-order valence-electron chi connectivity index (χ1n) is 6.84. The molecule has 0 bridgehead atoms. The van der Waals surface area contributed by atoms with Crippen LogP contribution in [0.1, 0.15) is 19.4 Å². The molecule has 1 N–H and O–H groups in total. The summed E-state index contributed by atoms with van der Waals surface area (Å²) in [6, 6.07) is 10.6. The lowest BCUT2D eigenvalue weighted by molar-refractivity contribution is 0.587. The highest BCUT2D eigenvalue weighted by Gasteiger charge is 2.08. The Kier molecular flexibility index (Phi) is 3.48. The summed E-state index contributed by atoms with van der Waals surface area (Å²) in [4.78, 5) is 8.69. The second-order valence-corrected chi connectivity index (χ2v) is 5.14. The van der Waals surface area contributed by atoms with Gasteiger partial charge in [0, 0.05) is 30.5 Å². The monoisotopic (exact) mass is 266 g/mol. The van der Waals surface area contributed by atoms with Gasteiger partial charge in [-0.05, 0) is 18.2 Å². The van der Waals surface area contributed by atoms with Gasteiger partial charge < -0.3 is 5.32 Å². The molecule has 0 radical (unpaired) electrons. The lowest BCUT2D eigenvalue weighted by Crippen LogP contribution is -2.22. The highest BCUT2D eigenvalue weighted by molar-refractivity contribution is 5.77. The molecule has 20 heavy (non-hydrogen) atoms. The number of rotatable bonds is 4. The maximum atomic E-state index is 4.45. The van der Waals surface area contributed by atoms with Gasteiger partial charge in [0.05, 0.1) is 16.7 Å². The van der Waals surface area contributed by atoms with Crippen molar-refractivity contribution in [2.75, 3.05) is 0 Å². The molecule has 4 heteroatoms. The second kappa shape index (κ2) is 5.43. The fraction of sp³-hybridized carbons (Fsp3) is 0.250. The van der Waals surface area contributed by atoms with Crippen LogP contribution in [0, 0.1) is 0 Å². The molecular weight excluding hydrogens is 248 g/mol. The highest BCUT2D eigenvalue weighted by Crippen LogP contribution is 2.20. The number of fused-ring (bicyclic) bond motifs is 1. The van der Waals surface area contributed by atoms with E-state index in [2.05, 4.69) is 39.8 Å². The zero-order chi connectivity index (χ0) is 13.9. The molecule has 0 aliphatic heterocycles. The van der Waals surface area contributed by atoms with Crippen molar-refractivity contribution >= 4 is 11.0 Å². The Morgan fingerprint density at radius 3 is 2.90 bits per heavy atom. The van der Waals surface area contributed by atoms with Crippen LogP contribution in [0.25, 0.3) is 16.7 Å². The number of hydrogen-bond acceptors (Lipinski definition) is 3. The van der Waals surface area contributed by atoms with Crippen molar-refractivity contribution in [1.29, 1.82) is 0 Å². The van der Waals surface area contributed by atoms with Crippen LogP contribution in [0.5, 0.6) is 0 Å². The predicted octanol–water partition coefficient (Wildman–Crippen LogP) is 2.92. The maximum Gasteiger partial charge on any atom is 0.100 e. The number of para-hydroxylation sites is 2.